The molecular formula is C11H24N2O3. The van der Waals surface area contributed by atoms with Gasteiger partial charge in [-0.05, 0) is 26.8 Å². The average Bonchev–Trinajstić information content (AvgIpc) is 2.22. The standard InChI is InChI=1S/C11H24N2O3/c1-5-13-9(10(12)14)8-16-7-6-11(2,3)15-4/h9,13H,5-8H2,1-4H3,(H2,12,14). The van der Waals surface area contributed by atoms with Gasteiger partial charge in [0.15, 0.2) is 0 Å². The summed E-state index contributed by atoms with van der Waals surface area (Å²) >= 11 is 0. The topological polar surface area (TPSA) is 73.6 Å². The second-order valence-electron chi connectivity index (χ2n) is 4.30. The fourth-order valence-electron chi connectivity index (χ4n) is 1.11. The minimum Gasteiger partial charge on any atom is -0.379 e. The van der Waals surface area contributed by atoms with Crippen molar-refractivity contribution in [2.24, 2.45) is 5.73 Å². The first kappa shape index (κ1) is 15.3. The van der Waals surface area contributed by atoms with E-state index in [1.54, 1.807) is 7.11 Å². The Morgan fingerprint density at radius 1 is 1.50 bits per heavy atom. The highest BCUT2D eigenvalue weighted by molar-refractivity contribution is 5.79. The highest BCUT2D eigenvalue weighted by Gasteiger charge is 2.17. The molecule has 0 saturated carbocycles. The lowest BCUT2D eigenvalue weighted by molar-refractivity contribution is -0.121. The maximum atomic E-state index is 11.0. The van der Waals surface area contributed by atoms with Crippen LogP contribution in [0.4, 0.5) is 0 Å². The lowest BCUT2D eigenvalue weighted by Gasteiger charge is -2.23. The van der Waals surface area contributed by atoms with Gasteiger partial charge in [0.25, 0.3) is 0 Å². The summed E-state index contributed by atoms with van der Waals surface area (Å²) in [5.74, 6) is -0.382. The Labute approximate surface area is 97.7 Å². The van der Waals surface area contributed by atoms with Gasteiger partial charge < -0.3 is 20.5 Å². The van der Waals surface area contributed by atoms with Crippen LogP contribution in [0, 0.1) is 0 Å². The van der Waals surface area contributed by atoms with Crippen LogP contribution < -0.4 is 11.1 Å². The molecule has 96 valence electrons. The van der Waals surface area contributed by atoms with Crippen molar-refractivity contribution < 1.29 is 14.3 Å². The number of carbonyl (C=O) groups is 1. The van der Waals surface area contributed by atoms with Gasteiger partial charge >= 0.3 is 0 Å². The Kier molecular flexibility index (Phi) is 7.29. The monoisotopic (exact) mass is 232 g/mol. The van der Waals surface area contributed by atoms with E-state index in [2.05, 4.69) is 5.32 Å². The van der Waals surface area contributed by atoms with Gasteiger partial charge in [-0.1, -0.05) is 6.92 Å². The van der Waals surface area contributed by atoms with E-state index in [1.165, 1.54) is 0 Å². The number of methoxy groups -OCH3 is 1. The highest BCUT2D eigenvalue weighted by atomic mass is 16.5. The summed E-state index contributed by atoms with van der Waals surface area (Å²) in [6.07, 6.45) is 0.779. The van der Waals surface area contributed by atoms with Crippen LogP contribution in [-0.4, -0.2) is 44.4 Å². The fourth-order valence-corrected chi connectivity index (χ4v) is 1.11. The van der Waals surface area contributed by atoms with Crippen molar-refractivity contribution in [3.8, 4) is 0 Å². The van der Waals surface area contributed by atoms with Crippen molar-refractivity contribution in [2.75, 3.05) is 26.9 Å². The molecule has 3 N–H and O–H groups in total. The first-order chi connectivity index (χ1) is 7.43. The van der Waals surface area contributed by atoms with E-state index in [1.807, 2.05) is 20.8 Å². The number of amides is 1. The highest BCUT2D eigenvalue weighted by Crippen LogP contribution is 2.12. The van der Waals surface area contributed by atoms with Crippen LogP contribution in [0.3, 0.4) is 0 Å². The lowest BCUT2D eigenvalue weighted by atomic mass is 10.1. The summed E-state index contributed by atoms with van der Waals surface area (Å²) in [5.41, 5.74) is 5.02. The molecule has 1 atom stereocenters. The SMILES string of the molecule is CCNC(COCCC(C)(C)OC)C(N)=O. The second-order valence-corrected chi connectivity index (χ2v) is 4.30. The number of nitrogens with one attached hydrogen (secondary N) is 1. The van der Waals surface area contributed by atoms with E-state index < -0.39 is 6.04 Å². The average molecular weight is 232 g/mol. The molecule has 0 radical (unpaired) electrons. The molecule has 0 aliphatic rings. The van der Waals surface area contributed by atoms with Crippen LogP contribution in [-0.2, 0) is 14.3 Å². The summed E-state index contributed by atoms with van der Waals surface area (Å²) < 4.78 is 10.7. The quantitative estimate of drug-likeness (QED) is 0.560. The molecule has 0 fully saturated rings. The van der Waals surface area contributed by atoms with E-state index >= 15 is 0 Å². The number of primary amides is 1. The smallest absolute Gasteiger partial charge is 0.236 e. The number of rotatable bonds is 9. The van der Waals surface area contributed by atoms with E-state index in [0.29, 0.717) is 19.8 Å². The normalized spacial score (nSPS) is 13.8. The molecular weight excluding hydrogens is 208 g/mol. The lowest BCUT2D eigenvalue weighted by Crippen LogP contribution is -2.44. The van der Waals surface area contributed by atoms with Crippen molar-refractivity contribution in [2.45, 2.75) is 38.8 Å². The second kappa shape index (κ2) is 7.60. The number of hydrogen-bond acceptors (Lipinski definition) is 4. The first-order valence-corrected chi connectivity index (χ1v) is 5.58. The van der Waals surface area contributed by atoms with Gasteiger partial charge in [-0.25, -0.2) is 0 Å². The third-order valence-electron chi connectivity index (χ3n) is 2.48. The summed E-state index contributed by atoms with van der Waals surface area (Å²) in [7, 11) is 1.67. The van der Waals surface area contributed by atoms with Crippen molar-refractivity contribution in [3.63, 3.8) is 0 Å². The van der Waals surface area contributed by atoms with Crippen LogP contribution in [0.25, 0.3) is 0 Å². The van der Waals surface area contributed by atoms with E-state index in [9.17, 15) is 4.79 Å². The van der Waals surface area contributed by atoms with Crippen LogP contribution in [0.5, 0.6) is 0 Å². The number of carbonyl (C=O) groups excluding carboxylic acids is 1. The molecule has 5 heteroatoms. The number of ether oxygens (including phenoxy) is 2. The zero-order chi connectivity index (χ0) is 12.6. The van der Waals surface area contributed by atoms with Crippen LogP contribution >= 0.6 is 0 Å². The predicted octanol–water partition coefficient (Wildman–Crippen LogP) is 0.282. The Bertz CT molecular complexity index is 207. The van der Waals surface area contributed by atoms with Crippen LogP contribution in [0.2, 0.25) is 0 Å². The van der Waals surface area contributed by atoms with Gasteiger partial charge in [0.05, 0.1) is 12.2 Å². The number of hydrogen-bond donors (Lipinski definition) is 2. The van der Waals surface area contributed by atoms with Gasteiger partial charge in [-0.2, -0.15) is 0 Å². The molecule has 0 aliphatic heterocycles. The predicted molar refractivity (Wildman–Crippen MR) is 63.2 cm³/mol. The molecule has 0 rings (SSSR count). The molecule has 16 heavy (non-hydrogen) atoms. The molecule has 0 heterocycles. The van der Waals surface area contributed by atoms with E-state index in [0.717, 1.165) is 6.42 Å². The number of likely N-dealkylation sites (N-methyl/N-ethyl adjacent to an activating group) is 1. The van der Waals surface area contributed by atoms with Gasteiger partial charge in [-0.3, -0.25) is 4.79 Å². The zero-order valence-electron chi connectivity index (χ0n) is 10.7. The Morgan fingerprint density at radius 3 is 2.56 bits per heavy atom. The Morgan fingerprint density at radius 2 is 2.12 bits per heavy atom. The summed E-state index contributed by atoms with van der Waals surface area (Å²) in [6, 6.07) is -0.407. The Hall–Kier alpha value is -0.650. The Balaban J connectivity index is 3.74. The minimum absolute atomic E-state index is 0.194. The van der Waals surface area contributed by atoms with E-state index in [4.69, 9.17) is 15.2 Å². The fraction of sp³-hybridized carbons (Fsp3) is 0.909. The molecule has 1 amide bonds. The molecule has 0 aromatic heterocycles. The molecule has 0 bridgehead atoms. The van der Waals surface area contributed by atoms with Gasteiger partial charge in [-0.15, -0.1) is 0 Å². The van der Waals surface area contributed by atoms with Gasteiger partial charge in [0, 0.05) is 13.7 Å². The summed E-state index contributed by atoms with van der Waals surface area (Å²) in [6.45, 7) is 7.46. The molecule has 0 aromatic rings. The zero-order valence-corrected chi connectivity index (χ0v) is 10.7. The molecule has 0 saturated heterocycles. The molecule has 0 aromatic carbocycles. The van der Waals surface area contributed by atoms with Crippen LogP contribution in [0.1, 0.15) is 27.2 Å². The first-order valence-electron chi connectivity index (χ1n) is 5.58. The van der Waals surface area contributed by atoms with Crippen LogP contribution in [0.15, 0.2) is 0 Å². The van der Waals surface area contributed by atoms with Gasteiger partial charge in [0.2, 0.25) is 5.91 Å². The van der Waals surface area contributed by atoms with Crippen molar-refractivity contribution in [1.29, 1.82) is 0 Å². The van der Waals surface area contributed by atoms with Gasteiger partial charge in [0.1, 0.15) is 6.04 Å². The maximum Gasteiger partial charge on any atom is 0.236 e. The number of nitrogens with two attached hydrogens (primary N) is 1. The summed E-state index contributed by atoms with van der Waals surface area (Å²) in [5, 5.41) is 2.96. The molecule has 0 aliphatic carbocycles. The third-order valence-corrected chi connectivity index (χ3v) is 2.48. The molecule has 1 unspecified atom stereocenters. The molecule has 0 spiro atoms. The minimum atomic E-state index is -0.407. The largest absolute Gasteiger partial charge is 0.379 e. The van der Waals surface area contributed by atoms with Crippen molar-refractivity contribution in [3.05, 3.63) is 0 Å². The van der Waals surface area contributed by atoms with Crippen molar-refractivity contribution in [1.82, 2.24) is 5.32 Å². The maximum absolute atomic E-state index is 11.0. The van der Waals surface area contributed by atoms with Crippen molar-refractivity contribution >= 4 is 5.91 Å². The summed E-state index contributed by atoms with van der Waals surface area (Å²) in [4.78, 5) is 11.0. The van der Waals surface area contributed by atoms with E-state index in [-0.39, 0.29) is 11.5 Å². The molecule has 5 nitrogen and oxygen atoms in total. The third kappa shape index (κ3) is 6.76.